The number of rotatable bonds is 4. The van der Waals surface area contributed by atoms with Crippen molar-refractivity contribution in [2.45, 2.75) is 19.8 Å². The lowest BCUT2D eigenvalue weighted by atomic mass is 10.1. The van der Waals surface area contributed by atoms with Crippen molar-refractivity contribution in [2.24, 2.45) is 0 Å². The third-order valence-corrected chi connectivity index (χ3v) is 5.11. The van der Waals surface area contributed by atoms with Crippen LogP contribution in [0.5, 0.6) is 0 Å². The highest BCUT2D eigenvalue weighted by molar-refractivity contribution is 7.89. The molecule has 1 aliphatic rings. The van der Waals surface area contributed by atoms with Gasteiger partial charge in [-0.25, -0.2) is 8.42 Å². The van der Waals surface area contributed by atoms with Gasteiger partial charge in [0.15, 0.2) is 5.78 Å². The first kappa shape index (κ1) is 13.2. The number of sulfonamides is 1. The summed E-state index contributed by atoms with van der Waals surface area (Å²) in [5.74, 6) is 0.0258. The molecule has 18 heavy (non-hydrogen) atoms. The Bertz CT molecular complexity index is 534. The minimum atomic E-state index is -3.19. The highest BCUT2D eigenvalue weighted by Gasteiger charge is 2.29. The topological polar surface area (TPSA) is 54.5 Å². The van der Waals surface area contributed by atoms with Crippen molar-refractivity contribution >= 4 is 15.8 Å². The van der Waals surface area contributed by atoms with Crippen molar-refractivity contribution < 1.29 is 13.2 Å². The molecule has 0 aliphatic carbocycles. The van der Waals surface area contributed by atoms with Gasteiger partial charge in [0, 0.05) is 12.1 Å². The quantitative estimate of drug-likeness (QED) is 0.776. The highest BCUT2D eigenvalue weighted by Crippen LogP contribution is 2.14. The van der Waals surface area contributed by atoms with E-state index in [-0.39, 0.29) is 18.1 Å². The first-order valence-electron chi connectivity index (χ1n) is 6.13. The summed E-state index contributed by atoms with van der Waals surface area (Å²) in [4.78, 5) is 12.0. The molecule has 1 aromatic carbocycles. The van der Waals surface area contributed by atoms with Gasteiger partial charge < -0.3 is 0 Å². The number of carbonyl (C=O) groups is 1. The van der Waals surface area contributed by atoms with E-state index < -0.39 is 10.0 Å². The van der Waals surface area contributed by atoms with Crippen LogP contribution in [0.1, 0.15) is 29.3 Å². The summed E-state index contributed by atoms with van der Waals surface area (Å²) in [5, 5.41) is 0. The zero-order valence-electron chi connectivity index (χ0n) is 10.4. The molecule has 1 aromatic rings. The van der Waals surface area contributed by atoms with Crippen LogP contribution < -0.4 is 0 Å². The van der Waals surface area contributed by atoms with Crippen molar-refractivity contribution in [3.05, 3.63) is 35.4 Å². The Morgan fingerprint density at radius 1 is 1.28 bits per heavy atom. The number of hydrogen-bond donors (Lipinski definition) is 0. The van der Waals surface area contributed by atoms with Crippen LogP contribution in [-0.4, -0.2) is 37.3 Å². The number of hydrogen-bond acceptors (Lipinski definition) is 3. The van der Waals surface area contributed by atoms with Gasteiger partial charge in [0.25, 0.3) is 0 Å². The first-order valence-corrected chi connectivity index (χ1v) is 7.74. The van der Waals surface area contributed by atoms with Crippen LogP contribution in [0.2, 0.25) is 0 Å². The second-order valence-corrected chi connectivity index (χ2v) is 6.57. The fourth-order valence-corrected chi connectivity index (χ4v) is 3.52. The van der Waals surface area contributed by atoms with Gasteiger partial charge in [-0.2, -0.15) is 4.31 Å². The number of ketones is 1. The Labute approximate surface area is 108 Å². The molecule has 0 bridgehead atoms. The van der Waals surface area contributed by atoms with Gasteiger partial charge in [-0.3, -0.25) is 4.79 Å². The maximum atomic E-state index is 12.0. The molecule has 1 saturated heterocycles. The number of aryl methyl sites for hydroxylation is 1. The number of benzene rings is 1. The molecule has 1 heterocycles. The summed E-state index contributed by atoms with van der Waals surface area (Å²) in [6, 6.07) is 7.35. The zero-order valence-corrected chi connectivity index (χ0v) is 11.2. The van der Waals surface area contributed by atoms with Crippen molar-refractivity contribution in [2.75, 3.05) is 18.8 Å². The predicted molar refractivity (Wildman–Crippen MR) is 70.1 cm³/mol. The third-order valence-electron chi connectivity index (χ3n) is 3.21. The molecular weight excluding hydrogens is 250 g/mol. The van der Waals surface area contributed by atoms with Crippen LogP contribution in [0, 0.1) is 0 Å². The Morgan fingerprint density at radius 3 is 2.44 bits per heavy atom. The van der Waals surface area contributed by atoms with E-state index in [0.29, 0.717) is 18.5 Å². The fourth-order valence-electron chi connectivity index (χ4n) is 2.05. The molecule has 0 spiro atoms. The molecule has 5 heteroatoms. The molecule has 2 rings (SSSR count). The second-order valence-electron chi connectivity index (χ2n) is 4.48. The van der Waals surface area contributed by atoms with E-state index in [9.17, 15) is 13.2 Å². The minimum Gasteiger partial charge on any atom is -0.293 e. The molecule has 0 aromatic heterocycles. The van der Waals surface area contributed by atoms with Gasteiger partial charge in [0.2, 0.25) is 10.0 Å². The van der Waals surface area contributed by atoms with Gasteiger partial charge in [0.05, 0.1) is 12.3 Å². The number of carbonyl (C=O) groups excluding carboxylic acids is 1. The average Bonchev–Trinajstić information content (AvgIpc) is 2.69. The molecule has 0 unspecified atom stereocenters. The molecule has 1 fully saturated rings. The van der Waals surface area contributed by atoms with Gasteiger partial charge >= 0.3 is 0 Å². The van der Waals surface area contributed by atoms with Crippen molar-refractivity contribution in [1.82, 2.24) is 4.31 Å². The van der Waals surface area contributed by atoms with Gasteiger partial charge in [-0.05, 0) is 18.4 Å². The molecule has 0 N–H and O–H groups in total. The molecule has 0 radical (unpaired) electrons. The van der Waals surface area contributed by atoms with Crippen LogP contribution in [-0.2, 0) is 16.4 Å². The summed E-state index contributed by atoms with van der Waals surface area (Å²) in [7, 11) is -3.19. The number of Topliss-reactive ketones (excluding diaryl/α,β-unsaturated/α-hetero) is 1. The molecular formula is C13H17NO3S. The summed E-state index contributed by atoms with van der Waals surface area (Å²) in [6.07, 6.45) is 1.54. The van der Waals surface area contributed by atoms with Gasteiger partial charge in [-0.1, -0.05) is 31.2 Å². The monoisotopic (exact) mass is 267 g/mol. The second kappa shape index (κ2) is 5.20. The molecule has 0 saturated carbocycles. The summed E-state index contributed by atoms with van der Waals surface area (Å²) < 4.78 is 24.5. The zero-order chi connectivity index (χ0) is 13.2. The van der Waals surface area contributed by atoms with Gasteiger partial charge in [-0.15, -0.1) is 0 Å². The summed E-state index contributed by atoms with van der Waals surface area (Å²) in [5.41, 5.74) is 1.75. The molecule has 4 nitrogen and oxygen atoms in total. The Balaban J connectivity index is 2.07. The Hall–Kier alpha value is -1.20. The lowest BCUT2D eigenvalue weighted by Crippen LogP contribution is -2.31. The molecule has 1 aliphatic heterocycles. The van der Waals surface area contributed by atoms with Crippen LogP contribution in [0.25, 0.3) is 0 Å². The standard InChI is InChI=1S/C13H17NO3S/c1-2-11-4-6-12(7-5-11)13(15)10-14-8-3-9-18(14,16)17/h4-7H,2-3,8-10H2,1H3. The largest absolute Gasteiger partial charge is 0.293 e. The lowest BCUT2D eigenvalue weighted by molar-refractivity contribution is 0.0969. The van der Waals surface area contributed by atoms with Crippen LogP contribution in [0.15, 0.2) is 24.3 Å². The van der Waals surface area contributed by atoms with E-state index in [2.05, 4.69) is 0 Å². The van der Waals surface area contributed by atoms with Crippen LogP contribution in [0.3, 0.4) is 0 Å². The molecule has 0 atom stereocenters. The van der Waals surface area contributed by atoms with E-state index in [0.717, 1.165) is 6.42 Å². The maximum absolute atomic E-state index is 12.0. The number of nitrogens with zero attached hydrogens (tertiary/aromatic N) is 1. The SMILES string of the molecule is CCc1ccc(C(=O)CN2CCCS2(=O)=O)cc1. The Morgan fingerprint density at radius 2 is 1.94 bits per heavy atom. The third kappa shape index (κ3) is 2.79. The molecule has 0 amide bonds. The van der Waals surface area contributed by atoms with E-state index in [1.54, 1.807) is 12.1 Å². The normalized spacial score (nSPS) is 18.9. The predicted octanol–water partition coefficient (Wildman–Crippen LogP) is 1.47. The van der Waals surface area contributed by atoms with Crippen molar-refractivity contribution in [3.63, 3.8) is 0 Å². The van der Waals surface area contributed by atoms with E-state index in [1.165, 1.54) is 9.87 Å². The maximum Gasteiger partial charge on any atom is 0.214 e. The van der Waals surface area contributed by atoms with Crippen LogP contribution >= 0.6 is 0 Å². The Kier molecular flexibility index (Phi) is 3.82. The summed E-state index contributed by atoms with van der Waals surface area (Å²) >= 11 is 0. The van der Waals surface area contributed by atoms with Crippen LogP contribution in [0.4, 0.5) is 0 Å². The van der Waals surface area contributed by atoms with E-state index in [4.69, 9.17) is 0 Å². The smallest absolute Gasteiger partial charge is 0.214 e. The fraction of sp³-hybridized carbons (Fsp3) is 0.462. The average molecular weight is 267 g/mol. The minimum absolute atomic E-state index is 0.0339. The summed E-state index contributed by atoms with van der Waals surface area (Å²) in [6.45, 7) is 2.47. The van der Waals surface area contributed by atoms with E-state index >= 15 is 0 Å². The van der Waals surface area contributed by atoms with Crippen molar-refractivity contribution in [1.29, 1.82) is 0 Å². The first-order chi connectivity index (χ1) is 8.53. The molecule has 98 valence electrons. The van der Waals surface area contributed by atoms with Crippen molar-refractivity contribution in [3.8, 4) is 0 Å². The highest BCUT2D eigenvalue weighted by atomic mass is 32.2. The lowest BCUT2D eigenvalue weighted by Gasteiger charge is -2.13. The van der Waals surface area contributed by atoms with Gasteiger partial charge in [0.1, 0.15) is 0 Å². The van der Waals surface area contributed by atoms with E-state index in [1.807, 2.05) is 19.1 Å².